The number of nitrogens with one attached hydrogen (secondary N) is 1. The molecule has 116 valence electrons. The fourth-order valence-electron chi connectivity index (χ4n) is 2.82. The Labute approximate surface area is 128 Å². The molecule has 3 heteroatoms. The summed E-state index contributed by atoms with van der Waals surface area (Å²) in [6.07, 6.45) is 5.67. The van der Waals surface area contributed by atoms with Gasteiger partial charge in [0.1, 0.15) is 12.4 Å². The van der Waals surface area contributed by atoms with E-state index in [1.165, 1.54) is 37.8 Å². The molecular weight excluding hydrogens is 260 g/mol. The van der Waals surface area contributed by atoms with Crippen molar-refractivity contribution in [3.05, 3.63) is 29.8 Å². The smallest absolute Gasteiger partial charge is 0.123 e. The van der Waals surface area contributed by atoms with Gasteiger partial charge in [0, 0.05) is 31.2 Å². The Hall–Kier alpha value is -1.06. The number of ether oxygens (including phenoxy) is 1. The fraction of sp³-hybridized carbons (Fsp3) is 0.667. The van der Waals surface area contributed by atoms with E-state index in [0.717, 1.165) is 44.0 Å². The number of para-hydroxylation sites is 1. The van der Waals surface area contributed by atoms with E-state index in [1.54, 1.807) is 0 Å². The van der Waals surface area contributed by atoms with Gasteiger partial charge in [0.05, 0.1) is 0 Å². The highest BCUT2D eigenvalue weighted by atomic mass is 16.5. The predicted molar refractivity (Wildman–Crippen MR) is 86.6 cm³/mol. The highest BCUT2D eigenvalue weighted by Crippen LogP contribution is 2.34. The van der Waals surface area contributed by atoms with E-state index in [0.29, 0.717) is 0 Å². The lowest BCUT2D eigenvalue weighted by Gasteiger charge is -2.22. The van der Waals surface area contributed by atoms with Crippen molar-refractivity contribution < 1.29 is 4.74 Å². The molecule has 0 heterocycles. The second-order valence-electron chi connectivity index (χ2n) is 6.41. The van der Waals surface area contributed by atoms with Crippen LogP contribution in [0.3, 0.4) is 0 Å². The first-order valence-electron chi connectivity index (χ1n) is 8.52. The van der Waals surface area contributed by atoms with Crippen molar-refractivity contribution in [2.24, 2.45) is 5.92 Å². The zero-order chi connectivity index (χ0) is 14.5. The van der Waals surface area contributed by atoms with Gasteiger partial charge in [0.2, 0.25) is 0 Å². The SMILES string of the molecule is CCNCc1ccccc1OCCN(CC1CC1)C1CC1. The molecule has 0 radical (unpaired) electrons. The molecule has 0 aromatic heterocycles. The molecule has 0 amide bonds. The van der Waals surface area contributed by atoms with Gasteiger partial charge in [-0.15, -0.1) is 0 Å². The molecule has 21 heavy (non-hydrogen) atoms. The molecular formula is C18H28N2O. The minimum Gasteiger partial charge on any atom is -0.492 e. The molecule has 0 saturated heterocycles. The van der Waals surface area contributed by atoms with E-state index >= 15 is 0 Å². The summed E-state index contributed by atoms with van der Waals surface area (Å²) < 4.78 is 6.06. The third-order valence-electron chi connectivity index (χ3n) is 4.43. The molecule has 0 bridgehead atoms. The second kappa shape index (κ2) is 7.28. The standard InChI is InChI=1S/C18H28N2O/c1-2-19-13-16-5-3-4-6-18(16)21-12-11-20(17-9-10-17)14-15-7-8-15/h3-6,15,17,19H,2,7-14H2,1H3. The van der Waals surface area contributed by atoms with Crippen LogP contribution in [0, 0.1) is 5.92 Å². The van der Waals surface area contributed by atoms with Crippen LogP contribution in [-0.2, 0) is 6.54 Å². The average molecular weight is 288 g/mol. The van der Waals surface area contributed by atoms with Gasteiger partial charge >= 0.3 is 0 Å². The maximum absolute atomic E-state index is 6.06. The van der Waals surface area contributed by atoms with Crippen LogP contribution in [0.1, 0.15) is 38.2 Å². The molecule has 1 N–H and O–H groups in total. The molecule has 2 fully saturated rings. The first-order chi connectivity index (χ1) is 10.4. The Balaban J connectivity index is 1.47. The molecule has 0 unspecified atom stereocenters. The van der Waals surface area contributed by atoms with E-state index in [4.69, 9.17) is 4.74 Å². The second-order valence-corrected chi connectivity index (χ2v) is 6.41. The van der Waals surface area contributed by atoms with Crippen molar-refractivity contribution in [3.8, 4) is 5.75 Å². The van der Waals surface area contributed by atoms with E-state index < -0.39 is 0 Å². The number of benzene rings is 1. The summed E-state index contributed by atoms with van der Waals surface area (Å²) in [5.41, 5.74) is 1.26. The molecule has 3 nitrogen and oxygen atoms in total. The van der Waals surface area contributed by atoms with Crippen molar-refractivity contribution in [1.82, 2.24) is 10.2 Å². The number of hydrogen-bond acceptors (Lipinski definition) is 3. The van der Waals surface area contributed by atoms with Gasteiger partial charge in [0.15, 0.2) is 0 Å². The van der Waals surface area contributed by atoms with Crippen LogP contribution < -0.4 is 10.1 Å². The molecule has 1 aromatic rings. The van der Waals surface area contributed by atoms with Crippen molar-refractivity contribution >= 4 is 0 Å². The number of nitrogens with zero attached hydrogens (tertiary/aromatic N) is 1. The van der Waals surface area contributed by atoms with Gasteiger partial charge in [-0.25, -0.2) is 0 Å². The van der Waals surface area contributed by atoms with Crippen LogP contribution in [0.15, 0.2) is 24.3 Å². The van der Waals surface area contributed by atoms with E-state index in [-0.39, 0.29) is 0 Å². The van der Waals surface area contributed by atoms with Crippen molar-refractivity contribution in [3.63, 3.8) is 0 Å². The van der Waals surface area contributed by atoms with Gasteiger partial charge in [-0.2, -0.15) is 0 Å². The Morgan fingerprint density at radius 1 is 1.19 bits per heavy atom. The van der Waals surface area contributed by atoms with E-state index in [2.05, 4.69) is 41.4 Å². The third-order valence-corrected chi connectivity index (χ3v) is 4.43. The van der Waals surface area contributed by atoms with E-state index in [1.807, 2.05) is 0 Å². The summed E-state index contributed by atoms with van der Waals surface area (Å²) in [5.74, 6) is 2.02. The van der Waals surface area contributed by atoms with Crippen LogP contribution in [-0.4, -0.2) is 37.2 Å². The molecule has 2 aliphatic rings. The minimum atomic E-state index is 0.812. The average Bonchev–Trinajstić information content (AvgIpc) is 3.38. The Morgan fingerprint density at radius 3 is 2.71 bits per heavy atom. The highest BCUT2D eigenvalue weighted by Gasteiger charge is 2.33. The van der Waals surface area contributed by atoms with Gasteiger partial charge < -0.3 is 10.1 Å². The Kier molecular flexibility index (Phi) is 5.15. The molecule has 2 saturated carbocycles. The lowest BCUT2D eigenvalue weighted by atomic mass is 10.2. The third kappa shape index (κ3) is 4.72. The maximum atomic E-state index is 6.06. The molecule has 3 rings (SSSR count). The quantitative estimate of drug-likeness (QED) is 0.716. The summed E-state index contributed by atoms with van der Waals surface area (Å²) >= 11 is 0. The monoisotopic (exact) mass is 288 g/mol. The van der Waals surface area contributed by atoms with Crippen LogP contribution in [0.2, 0.25) is 0 Å². The van der Waals surface area contributed by atoms with Crippen molar-refractivity contribution in [1.29, 1.82) is 0 Å². The van der Waals surface area contributed by atoms with Crippen LogP contribution in [0.4, 0.5) is 0 Å². The topological polar surface area (TPSA) is 24.5 Å². The first-order valence-corrected chi connectivity index (χ1v) is 8.52. The summed E-state index contributed by atoms with van der Waals surface area (Å²) in [5, 5.41) is 3.38. The molecule has 1 aromatic carbocycles. The van der Waals surface area contributed by atoms with Crippen molar-refractivity contribution in [2.75, 3.05) is 26.2 Å². The van der Waals surface area contributed by atoms with Gasteiger partial charge in [-0.05, 0) is 44.2 Å². The summed E-state index contributed by atoms with van der Waals surface area (Å²) in [6.45, 7) is 7.21. The zero-order valence-corrected chi connectivity index (χ0v) is 13.2. The zero-order valence-electron chi connectivity index (χ0n) is 13.2. The molecule has 0 spiro atoms. The van der Waals surface area contributed by atoms with Crippen LogP contribution >= 0.6 is 0 Å². The van der Waals surface area contributed by atoms with E-state index in [9.17, 15) is 0 Å². The Bertz CT molecular complexity index is 441. The lowest BCUT2D eigenvalue weighted by Crippen LogP contribution is -2.32. The van der Waals surface area contributed by atoms with Gasteiger partial charge in [-0.3, -0.25) is 4.90 Å². The summed E-state index contributed by atoms with van der Waals surface area (Å²) in [6, 6.07) is 9.25. The number of rotatable bonds is 10. The maximum Gasteiger partial charge on any atom is 0.123 e. The first kappa shape index (κ1) is 14.9. The summed E-state index contributed by atoms with van der Waals surface area (Å²) in [4.78, 5) is 2.66. The molecule has 0 atom stereocenters. The highest BCUT2D eigenvalue weighted by molar-refractivity contribution is 5.33. The summed E-state index contributed by atoms with van der Waals surface area (Å²) in [7, 11) is 0. The fourth-order valence-corrected chi connectivity index (χ4v) is 2.82. The van der Waals surface area contributed by atoms with Gasteiger partial charge in [-0.1, -0.05) is 25.1 Å². The normalized spacial score (nSPS) is 18.2. The number of hydrogen-bond donors (Lipinski definition) is 1. The van der Waals surface area contributed by atoms with Crippen LogP contribution in [0.25, 0.3) is 0 Å². The van der Waals surface area contributed by atoms with Gasteiger partial charge in [0.25, 0.3) is 0 Å². The largest absolute Gasteiger partial charge is 0.492 e. The predicted octanol–water partition coefficient (Wildman–Crippen LogP) is 3.05. The Morgan fingerprint density at radius 2 is 2.00 bits per heavy atom. The molecule has 0 aliphatic heterocycles. The molecule has 2 aliphatic carbocycles. The van der Waals surface area contributed by atoms with Crippen LogP contribution in [0.5, 0.6) is 5.75 Å². The minimum absolute atomic E-state index is 0.812. The van der Waals surface area contributed by atoms with Crippen molar-refractivity contribution in [2.45, 2.75) is 45.2 Å². The lowest BCUT2D eigenvalue weighted by molar-refractivity contribution is 0.194.